The van der Waals surface area contributed by atoms with Gasteiger partial charge in [-0.1, -0.05) is 24.3 Å². The van der Waals surface area contributed by atoms with Crippen LogP contribution in [0.2, 0.25) is 0 Å². The fourth-order valence-electron chi connectivity index (χ4n) is 2.14. The first-order chi connectivity index (χ1) is 10.2. The second-order valence-corrected chi connectivity index (χ2v) is 4.74. The number of rotatable bonds is 4. The van der Waals surface area contributed by atoms with Gasteiger partial charge in [0.15, 0.2) is 5.82 Å². The minimum absolute atomic E-state index is 0.645. The van der Waals surface area contributed by atoms with Crippen LogP contribution in [-0.2, 0) is 6.54 Å². The molecule has 0 aliphatic heterocycles. The molecule has 5 nitrogen and oxygen atoms in total. The average Bonchev–Trinajstić information content (AvgIpc) is 2.96. The molecule has 106 valence electrons. The predicted molar refractivity (Wildman–Crippen MR) is 82.0 cm³/mol. The van der Waals surface area contributed by atoms with Crippen molar-refractivity contribution in [2.45, 2.75) is 6.54 Å². The summed E-state index contributed by atoms with van der Waals surface area (Å²) >= 11 is 0. The van der Waals surface area contributed by atoms with Gasteiger partial charge in [0.1, 0.15) is 12.1 Å². The smallest absolute Gasteiger partial charge is 0.181 e. The predicted octanol–water partition coefficient (Wildman–Crippen LogP) is 2.58. The molecule has 21 heavy (non-hydrogen) atoms. The maximum Gasteiger partial charge on any atom is 0.181 e. The van der Waals surface area contributed by atoms with Crippen molar-refractivity contribution in [3.05, 3.63) is 60.4 Å². The Morgan fingerprint density at radius 2 is 2.00 bits per heavy atom. The Bertz CT molecular complexity index is 751. The van der Waals surface area contributed by atoms with E-state index < -0.39 is 0 Å². The molecule has 0 amide bonds. The van der Waals surface area contributed by atoms with E-state index in [1.54, 1.807) is 18.1 Å². The number of nitrogen functional groups attached to an aromatic ring is 1. The SMILES string of the molecule is COc1cccc(Cn2cnc(-c3cccc(N)c3)n2)c1. The van der Waals surface area contributed by atoms with Crippen LogP contribution in [0.15, 0.2) is 54.9 Å². The van der Waals surface area contributed by atoms with E-state index in [1.165, 1.54) is 0 Å². The summed E-state index contributed by atoms with van der Waals surface area (Å²) in [6, 6.07) is 15.5. The molecule has 3 rings (SSSR count). The number of methoxy groups -OCH3 is 1. The van der Waals surface area contributed by atoms with E-state index in [2.05, 4.69) is 10.1 Å². The van der Waals surface area contributed by atoms with Crippen molar-refractivity contribution < 1.29 is 4.74 Å². The number of ether oxygens (including phenoxy) is 1. The molecule has 0 aliphatic rings. The summed E-state index contributed by atoms with van der Waals surface area (Å²) in [5.74, 6) is 1.51. The average molecular weight is 280 g/mol. The first kappa shape index (κ1) is 13.2. The van der Waals surface area contributed by atoms with Crippen molar-refractivity contribution >= 4 is 5.69 Å². The van der Waals surface area contributed by atoms with Crippen LogP contribution >= 0.6 is 0 Å². The lowest BCUT2D eigenvalue weighted by molar-refractivity contribution is 0.414. The van der Waals surface area contributed by atoms with Crippen LogP contribution < -0.4 is 10.5 Å². The molecule has 0 bridgehead atoms. The molecule has 0 saturated carbocycles. The molecule has 1 aromatic heterocycles. The maximum absolute atomic E-state index is 5.78. The van der Waals surface area contributed by atoms with Gasteiger partial charge in [-0.2, -0.15) is 5.10 Å². The lowest BCUT2D eigenvalue weighted by atomic mass is 10.2. The molecular formula is C16H16N4O. The Labute approximate surface area is 123 Å². The van der Waals surface area contributed by atoms with E-state index in [4.69, 9.17) is 10.5 Å². The van der Waals surface area contributed by atoms with Crippen molar-refractivity contribution in [2.75, 3.05) is 12.8 Å². The number of nitrogens with two attached hydrogens (primary N) is 1. The van der Waals surface area contributed by atoms with E-state index in [-0.39, 0.29) is 0 Å². The molecule has 0 saturated heterocycles. The Hall–Kier alpha value is -2.82. The maximum atomic E-state index is 5.78. The summed E-state index contributed by atoms with van der Waals surface area (Å²) in [5, 5.41) is 4.48. The highest BCUT2D eigenvalue weighted by Crippen LogP contribution is 2.18. The third-order valence-corrected chi connectivity index (χ3v) is 3.16. The van der Waals surface area contributed by atoms with Gasteiger partial charge < -0.3 is 10.5 Å². The normalized spacial score (nSPS) is 10.5. The molecule has 0 spiro atoms. The van der Waals surface area contributed by atoms with Gasteiger partial charge in [0.2, 0.25) is 0 Å². The van der Waals surface area contributed by atoms with Gasteiger partial charge in [-0.25, -0.2) is 9.67 Å². The molecule has 3 aromatic rings. The third-order valence-electron chi connectivity index (χ3n) is 3.16. The van der Waals surface area contributed by atoms with Crippen LogP contribution in [0.25, 0.3) is 11.4 Å². The second-order valence-electron chi connectivity index (χ2n) is 4.74. The first-order valence-electron chi connectivity index (χ1n) is 6.63. The molecule has 2 aromatic carbocycles. The minimum Gasteiger partial charge on any atom is -0.497 e. The molecule has 0 atom stereocenters. The van der Waals surface area contributed by atoms with E-state index in [1.807, 2.05) is 48.5 Å². The second kappa shape index (κ2) is 5.66. The van der Waals surface area contributed by atoms with Crippen LogP contribution in [0.5, 0.6) is 5.75 Å². The molecular weight excluding hydrogens is 264 g/mol. The van der Waals surface area contributed by atoms with Gasteiger partial charge >= 0.3 is 0 Å². The Kier molecular flexibility index (Phi) is 3.55. The fraction of sp³-hybridized carbons (Fsp3) is 0.125. The van der Waals surface area contributed by atoms with Crippen LogP contribution in [-0.4, -0.2) is 21.9 Å². The highest BCUT2D eigenvalue weighted by Gasteiger charge is 2.05. The van der Waals surface area contributed by atoms with Gasteiger partial charge in [-0.15, -0.1) is 0 Å². The summed E-state index contributed by atoms with van der Waals surface area (Å²) in [4.78, 5) is 4.33. The zero-order valence-corrected chi connectivity index (χ0v) is 11.7. The topological polar surface area (TPSA) is 66.0 Å². The van der Waals surface area contributed by atoms with Crippen molar-refractivity contribution in [3.63, 3.8) is 0 Å². The number of benzene rings is 2. The fourth-order valence-corrected chi connectivity index (χ4v) is 2.14. The molecule has 0 fully saturated rings. The molecule has 1 heterocycles. The van der Waals surface area contributed by atoms with Crippen molar-refractivity contribution in [1.29, 1.82) is 0 Å². The Balaban J connectivity index is 1.81. The lowest BCUT2D eigenvalue weighted by Crippen LogP contribution is -2.00. The quantitative estimate of drug-likeness (QED) is 0.746. The Morgan fingerprint density at radius 3 is 2.81 bits per heavy atom. The van der Waals surface area contributed by atoms with Crippen LogP contribution in [0.4, 0.5) is 5.69 Å². The number of hydrogen-bond acceptors (Lipinski definition) is 4. The van der Waals surface area contributed by atoms with Crippen molar-refractivity contribution in [3.8, 4) is 17.1 Å². The number of aromatic nitrogens is 3. The largest absolute Gasteiger partial charge is 0.497 e. The van der Waals surface area contributed by atoms with Gasteiger partial charge in [-0.3, -0.25) is 0 Å². The van der Waals surface area contributed by atoms with Crippen LogP contribution in [0, 0.1) is 0 Å². The summed E-state index contributed by atoms with van der Waals surface area (Å²) < 4.78 is 7.02. The van der Waals surface area contributed by atoms with E-state index >= 15 is 0 Å². The van der Waals surface area contributed by atoms with Crippen molar-refractivity contribution in [1.82, 2.24) is 14.8 Å². The van der Waals surface area contributed by atoms with E-state index in [0.717, 1.165) is 16.9 Å². The number of anilines is 1. The minimum atomic E-state index is 0.645. The molecule has 5 heteroatoms. The summed E-state index contributed by atoms with van der Waals surface area (Å²) in [6.45, 7) is 0.645. The van der Waals surface area contributed by atoms with E-state index in [0.29, 0.717) is 18.1 Å². The summed E-state index contributed by atoms with van der Waals surface area (Å²) in [5.41, 5.74) is 8.51. The molecule has 2 N–H and O–H groups in total. The Morgan fingerprint density at radius 1 is 1.14 bits per heavy atom. The zero-order valence-electron chi connectivity index (χ0n) is 11.7. The van der Waals surface area contributed by atoms with Gasteiger partial charge in [0.05, 0.1) is 13.7 Å². The molecule has 0 aliphatic carbocycles. The zero-order chi connectivity index (χ0) is 14.7. The summed E-state index contributed by atoms with van der Waals surface area (Å²) in [6.07, 6.45) is 1.72. The van der Waals surface area contributed by atoms with Gasteiger partial charge in [0.25, 0.3) is 0 Å². The molecule has 0 unspecified atom stereocenters. The van der Waals surface area contributed by atoms with Crippen LogP contribution in [0.3, 0.4) is 0 Å². The van der Waals surface area contributed by atoms with Crippen LogP contribution in [0.1, 0.15) is 5.56 Å². The molecule has 0 radical (unpaired) electrons. The summed E-state index contributed by atoms with van der Waals surface area (Å²) in [7, 11) is 1.66. The van der Waals surface area contributed by atoms with Crippen molar-refractivity contribution in [2.24, 2.45) is 0 Å². The highest BCUT2D eigenvalue weighted by molar-refractivity contribution is 5.60. The standard InChI is InChI=1S/C16H16N4O/c1-21-15-7-2-4-12(8-15)10-20-11-18-16(19-20)13-5-3-6-14(17)9-13/h2-9,11H,10,17H2,1H3. The number of hydrogen-bond donors (Lipinski definition) is 1. The van der Waals surface area contributed by atoms with Gasteiger partial charge in [0, 0.05) is 11.3 Å². The van der Waals surface area contributed by atoms with Gasteiger partial charge in [-0.05, 0) is 29.8 Å². The number of nitrogens with zero attached hydrogens (tertiary/aromatic N) is 3. The lowest BCUT2D eigenvalue weighted by Gasteiger charge is -2.04. The first-order valence-corrected chi connectivity index (χ1v) is 6.63. The highest BCUT2D eigenvalue weighted by atomic mass is 16.5. The third kappa shape index (κ3) is 3.02. The van der Waals surface area contributed by atoms with E-state index in [9.17, 15) is 0 Å². The monoisotopic (exact) mass is 280 g/mol.